The lowest BCUT2D eigenvalue weighted by molar-refractivity contribution is 1.39. The fourth-order valence-corrected chi connectivity index (χ4v) is 3.11. The summed E-state index contributed by atoms with van der Waals surface area (Å²) in [7, 11) is 0. The Morgan fingerprint density at radius 3 is 2.45 bits per heavy atom. The van der Waals surface area contributed by atoms with Gasteiger partial charge in [0.25, 0.3) is 0 Å². The smallest absolute Gasteiger partial charge is 0.00767 e. The van der Waals surface area contributed by atoms with E-state index in [0.29, 0.717) is 0 Å². The summed E-state index contributed by atoms with van der Waals surface area (Å²) in [6, 6.07) is 17.5. The van der Waals surface area contributed by atoms with E-state index in [1.54, 1.807) is 0 Å². The summed E-state index contributed by atoms with van der Waals surface area (Å²) < 4.78 is 0. The van der Waals surface area contributed by atoms with Gasteiger partial charge in [0.2, 0.25) is 0 Å². The van der Waals surface area contributed by atoms with Crippen LogP contribution in [-0.2, 0) is 0 Å². The predicted octanol–water partition coefficient (Wildman–Crippen LogP) is 6.12. The third-order valence-corrected chi connectivity index (χ3v) is 4.23. The Bertz CT molecular complexity index is 785. The maximum absolute atomic E-state index is 2.35. The lowest BCUT2D eigenvalue weighted by atomic mass is 9.87. The van der Waals surface area contributed by atoms with Crippen molar-refractivity contribution in [1.29, 1.82) is 0 Å². The Morgan fingerprint density at radius 1 is 0.864 bits per heavy atom. The molecule has 2 aromatic rings. The Morgan fingerprint density at radius 2 is 1.68 bits per heavy atom. The van der Waals surface area contributed by atoms with Crippen LogP contribution in [0, 0.1) is 13.8 Å². The first-order valence-electron chi connectivity index (χ1n) is 7.88. The molecule has 110 valence electrons. The summed E-state index contributed by atoms with van der Waals surface area (Å²) >= 11 is 0. The van der Waals surface area contributed by atoms with E-state index in [-0.39, 0.29) is 0 Å². The van der Waals surface area contributed by atoms with Gasteiger partial charge >= 0.3 is 0 Å². The largest absolute Gasteiger partial charge is 0.0804 e. The second-order valence-corrected chi connectivity index (χ2v) is 6.00. The highest BCUT2D eigenvalue weighted by Gasteiger charge is 2.15. The molecule has 0 bridgehead atoms. The monoisotopic (exact) mass is 286 g/mol. The van der Waals surface area contributed by atoms with Crippen LogP contribution in [0.1, 0.15) is 35.6 Å². The van der Waals surface area contributed by atoms with Crippen molar-refractivity contribution in [2.24, 2.45) is 0 Å². The minimum absolute atomic E-state index is 0.982. The van der Waals surface area contributed by atoms with Gasteiger partial charge in [-0.3, -0.25) is 0 Å². The van der Waals surface area contributed by atoms with Gasteiger partial charge in [-0.1, -0.05) is 72.3 Å². The SMILES string of the molecule is CC1=C(c2ccccc2C)C(c2cccc(C)c2)=CCC=C1. The number of aryl methyl sites for hydroxylation is 2. The van der Waals surface area contributed by atoms with Gasteiger partial charge in [-0.15, -0.1) is 0 Å². The Hall–Kier alpha value is -2.34. The highest BCUT2D eigenvalue weighted by molar-refractivity contribution is 6.07. The molecule has 0 radical (unpaired) electrons. The van der Waals surface area contributed by atoms with Crippen molar-refractivity contribution in [3.63, 3.8) is 0 Å². The maximum Gasteiger partial charge on any atom is -0.00767 e. The number of benzene rings is 2. The van der Waals surface area contributed by atoms with Crippen molar-refractivity contribution in [3.05, 3.63) is 94.6 Å². The van der Waals surface area contributed by atoms with E-state index < -0.39 is 0 Å². The van der Waals surface area contributed by atoms with Crippen molar-refractivity contribution in [3.8, 4) is 0 Å². The van der Waals surface area contributed by atoms with E-state index in [1.165, 1.54) is 39.0 Å². The second-order valence-electron chi connectivity index (χ2n) is 6.00. The van der Waals surface area contributed by atoms with Gasteiger partial charge in [0.15, 0.2) is 0 Å². The van der Waals surface area contributed by atoms with Gasteiger partial charge in [0.05, 0.1) is 0 Å². The molecule has 1 aliphatic rings. The molecule has 0 heteroatoms. The third-order valence-electron chi connectivity index (χ3n) is 4.23. The highest BCUT2D eigenvalue weighted by atomic mass is 14.2. The number of allylic oxidation sites excluding steroid dienone is 6. The summed E-state index contributed by atoms with van der Waals surface area (Å²) in [6.07, 6.45) is 7.83. The van der Waals surface area contributed by atoms with E-state index in [0.717, 1.165) is 6.42 Å². The van der Waals surface area contributed by atoms with Gasteiger partial charge in [-0.25, -0.2) is 0 Å². The molecule has 0 fully saturated rings. The van der Waals surface area contributed by atoms with Gasteiger partial charge < -0.3 is 0 Å². The zero-order valence-electron chi connectivity index (χ0n) is 13.6. The number of hydrogen-bond donors (Lipinski definition) is 0. The molecule has 3 rings (SSSR count). The molecule has 0 atom stereocenters. The minimum Gasteiger partial charge on any atom is -0.0804 e. The standard InChI is InChI=1S/C22H22/c1-16-9-8-12-19(15-16)21-14-7-5-11-18(3)22(21)20-13-6-4-10-17(20)2/h4-6,8-15H,7H2,1-3H3. The minimum atomic E-state index is 0.982. The molecule has 0 aliphatic heterocycles. The molecule has 0 N–H and O–H groups in total. The van der Waals surface area contributed by atoms with Crippen molar-refractivity contribution >= 4 is 11.1 Å². The second kappa shape index (κ2) is 6.19. The van der Waals surface area contributed by atoms with Crippen LogP contribution >= 0.6 is 0 Å². The highest BCUT2D eigenvalue weighted by Crippen LogP contribution is 2.37. The van der Waals surface area contributed by atoms with Crippen LogP contribution in [-0.4, -0.2) is 0 Å². The lowest BCUT2D eigenvalue weighted by Crippen LogP contribution is -1.96. The summed E-state index contributed by atoms with van der Waals surface area (Å²) in [5.74, 6) is 0. The van der Waals surface area contributed by atoms with Crippen LogP contribution in [0.4, 0.5) is 0 Å². The molecule has 0 amide bonds. The summed E-state index contributed by atoms with van der Waals surface area (Å²) in [5.41, 5.74) is 9.31. The number of hydrogen-bond acceptors (Lipinski definition) is 0. The van der Waals surface area contributed by atoms with Gasteiger partial charge in [0.1, 0.15) is 0 Å². The first-order valence-corrected chi connectivity index (χ1v) is 7.88. The molecule has 1 aliphatic carbocycles. The molecule has 2 aromatic carbocycles. The zero-order valence-corrected chi connectivity index (χ0v) is 13.6. The predicted molar refractivity (Wildman–Crippen MR) is 96.7 cm³/mol. The van der Waals surface area contributed by atoms with Crippen LogP contribution in [0.3, 0.4) is 0 Å². The molecule has 0 saturated carbocycles. The Balaban J connectivity index is 2.22. The lowest BCUT2D eigenvalue weighted by Gasteiger charge is -2.17. The molecular weight excluding hydrogens is 264 g/mol. The van der Waals surface area contributed by atoms with E-state index >= 15 is 0 Å². The first kappa shape index (κ1) is 14.6. The topological polar surface area (TPSA) is 0 Å². The van der Waals surface area contributed by atoms with Crippen LogP contribution < -0.4 is 0 Å². The fraction of sp³-hybridized carbons (Fsp3) is 0.182. The van der Waals surface area contributed by atoms with E-state index in [4.69, 9.17) is 0 Å². The van der Waals surface area contributed by atoms with Crippen LogP contribution in [0.5, 0.6) is 0 Å². The third kappa shape index (κ3) is 2.82. The molecule has 22 heavy (non-hydrogen) atoms. The van der Waals surface area contributed by atoms with Gasteiger partial charge in [-0.2, -0.15) is 0 Å². The van der Waals surface area contributed by atoms with E-state index in [1.807, 2.05) is 0 Å². The van der Waals surface area contributed by atoms with E-state index in [2.05, 4.69) is 87.5 Å². The zero-order chi connectivity index (χ0) is 15.5. The average molecular weight is 286 g/mol. The Kier molecular flexibility index (Phi) is 4.11. The fourth-order valence-electron chi connectivity index (χ4n) is 3.11. The normalized spacial score (nSPS) is 14.8. The van der Waals surface area contributed by atoms with Crippen LogP contribution in [0.25, 0.3) is 11.1 Å². The Labute approximate surface area is 133 Å². The van der Waals surface area contributed by atoms with Gasteiger partial charge in [-0.05, 0) is 60.6 Å². The van der Waals surface area contributed by atoms with Crippen LogP contribution in [0.2, 0.25) is 0 Å². The summed E-state index contributed by atoms with van der Waals surface area (Å²) in [4.78, 5) is 0. The molecule has 0 saturated heterocycles. The molecule has 0 nitrogen and oxygen atoms in total. The van der Waals surface area contributed by atoms with Crippen molar-refractivity contribution < 1.29 is 0 Å². The first-order chi connectivity index (χ1) is 10.7. The summed E-state index contributed by atoms with van der Waals surface area (Å²) in [5, 5.41) is 0. The van der Waals surface area contributed by atoms with Crippen molar-refractivity contribution in [2.75, 3.05) is 0 Å². The maximum atomic E-state index is 2.35. The molecular formula is C22H22. The van der Waals surface area contributed by atoms with Gasteiger partial charge in [0, 0.05) is 0 Å². The van der Waals surface area contributed by atoms with Crippen molar-refractivity contribution in [1.82, 2.24) is 0 Å². The van der Waals surface area contributed by atoms with Crippen molar-refractivity contribution in [2.45, 2.75) is 27.2 Å². The quantitative estimate of drug-likeness (QED) is 0.624. The number of rotatable bonds is 2. The average Bonchev–Trinajstić information content (AvgIpc) is 2.70. The van der Waals surface area contributed by atoms with Crippen LogP contribution in [0.15, 0.2) is 72.3 Å². The van der Waals surface area contributed by atoms with E-state index in [9.17, 15) is 0 Å². The molecule has 0 heterocycles. The molecule has 0 spiro atoms. The summed E-state index contributed by atoms with van der Waals surface area (Å²) in [6.45, 7) is 6.56. The molecule has 0 unspecified atom stereocenters. The molecule has 0 aromatic heterocycles.